The van der Waals surface area contributed by atoms with Crippen LogP contribution in [0.4, 0.5) is 0 Å². The van der Waals surface area contributed by atoms with Crippen LogP contribution in [-0.4, -0.2) is 35.6 Å². The number of nitrogens with zero attached hydrogens (tertiary/aromatic N) is 3. The summed E-state index contributed by atoms with van der Waals surface area (Å²) in [6, 6.07) is 7.81. The Balaban J connectivity index is 1.55. The first-order chi connectivity index (χ1) is 11.3. The lowest BCUT2D eigenvalue weighted by Crippen LogP contribution is -2.38. The Morgan fingerprint density at radius 1 is 1.30 bits per heavy atom. The lowest BCUT2D eigenvalue weighted by Gasteiger charge is -2.11. The molecule has 0 fully saturated rings. The van der Waals surface area contributed by atoms with Crippen molar-refractivity contribution < 1.29 is 9.47 Å². The van der Waals surface area contributed by atoms with Crippen molar-refractivity contribution in [3.05, 3.63) is 42.2 Å². The van der Waals surface area contributed by atoms with Crippen LogP contribution < -0.4 is 20.1 Å². The maximum atomic E-state index is 5.39. The van der Waals surface area contributed by atoms with Crippen molar-refractivity contribution in [1.82, 2.24) is 20.4 Å². The van der Waals surface area contributed by atoms with E-state index in [0.717, 1.165) is 42.7 Å². The van der Waals surface area contributed by atoms with Gasteiger partial charge in [0.05, 0.1) is 13.1 Å². The van der Waals surface area contributed by atoms with Gasteiger partial charge >= 0.3 is 0 Å². The number of hydrogen-bond donors (Lipinski definition) is 2. The molecule has 2 N–H and O–H groups in total. The summed E-state index contributed by atoms with van der Waals surface area (Å²) in [6.07, 6.45) is 3.72. The zero-order valence-corrected chi connectivity index (χ0v) is 13.2. The van der Waals surface area contributed by atoms with Crippen molar-refractivity contribution >= 4 is 5.96 Å². The first kappa shape index (κ1) is 15.2. The maximum Gasteiger partial charge on any atom is 0.231 e. The van der Waals surface area contributed by atoms with Gasteiger partial charge in [0.15, 0.2) is 17.5 Å². The normalized spacial score (nSPS) is 13.2. The number of benzene rings is 1. The van der Waals surface area contributed by atoms with E-state index in [2.05, 4.69) is 20.7 Å². The molecule has 0 saturated carbocycles. The van der Waals surface area contributed by atoms with Crippen molar-refractivity contribution in [2.45, 2.75) is 20.0 Å². The van der Waals surface area contributed by atoms with E-state index in [1.165, 1.54) is 0 Å². The molecular weight excluding hydrogens is 294 g/mol. The highest BCUT2D eigenvalue weighted by atomic mass is 16.7. The molecule has 0 saturated heterocycles. The van der Waals surface area contributed by atoms with Gasteiger partial charge in [0.25, 0.3) is 0 Å². The molecule has 0 atom stereocenters. The molecule has 0 spiro atoms. The third-order valence-corrected chi connectivity index (χ3v) is 3.39. The second-order valence-corrected chi connectivity index (χ2v) is 5.08. The molecule has 7 nitrogen and oxygen atoms in total. The molecule has 0 amide bonds. The smallest absolute Gasteiger partial charge is 0.231 e. The molecule has 0 aliphatic carbocycles. The average Bonchev–Trinajstić information content (AvgIpc) is 3.23. The maximum absolute atomic E-state index is 5.39. The summed E-state index contributed by atoms with van der Waals surface area (Å²) in [7, 11) is 0. The van der Waals surface area contributed by atoms with Gasteiger partial charge in [0, 0.05) is 25.5 Å². The van der Waals surface area contributed by atoms with Crippen molar-refractivity contribution in [2.75, 3.05) is 19.9 Å². The minimum absolute atomic E-state index is 0.291. The highest BCUT2D eigenvalue weighted by Gasteiger charge is 2.12. The summed E-state index contributed by atoms with van der Waals surface area (Å²) in [6.45, 7) is 5.28. The highest BCUT2D eigenvalue weighted by Crippen LogP contribution is 2.32. The average molecular weight is 315 g/mol. The Labute approximate surface area is 135 Å². The van der Waals surface area contributed by atoms with Gasteiger partial charge in [-0.3, -0.25) is 4.68 Å². The predicted octanol–water partition coefficient (Wildman–Crippen LogP) is 1.37. The molecule has 1 aromatic carbocycles. The molecule has 7 heteroatoms. The van der Waals surface area contributed by atoms with Crippen LogP contribution in [0.3, 0.4) is 0 Å². The van der Waals surface area contributed by atoms with Crippen LogP contribution in [0.5, 0.6) is 11.5 Å². The molecule has 1 aliphatic rings. The molecule has 0 unspecified atom stereocenters. The summed E-state index contributed by atoms with van der Waals surface area (Å²) in [4.78, 5) is 4.60. The van der Waals surface area contributed by atoms with Gasteiger partial charge in [0.1, 0.15) is 0 Å². The topological polar surface area (TPSA) is 72.7 Å². The van der Waals surface area contributed by atoms with Crippen molar-refractivity contribution in [3.8, 4) is 11.5 Å². The van der Waals surface area contributed by atoms with Gasteiger partial charge < -0.3 is 20.1 Å². The molecule has 23 heavy (non-hydrogen) atoms. The number of aromatic nitrogens is 2. The molecule has 1 aromatic heterocycles. The number of rotatable bonds is 6. The quantitative estimate of drug-likeness (QED) is 0.622. The lowest BCUT2D eigenvalue weighted by molar-refractivity contribution is 0.174. The highest BCUT2D eigenvalue weighted by molar-refractivity contribution is 5.79. The Bertz CT molecular complexity index is 654. The summed E-state index contributed by atoms with van der Waals surface area (Å²) in [5.41, 5.74) is 1.08. The molecule has 0 bridgehead atoms. The van der Waals surface area contributed by atoms with Crippen LogP contribution in [0.2, 0.25) is 0 Å². The predicted molar refractivity (Wildman–Crippen MR) is 87.6 cm³/mol. The van der Waals surface area contributed by atoms with Crippen LogP contribution in [0.15, 0.2) is 41.7 Å². The van der Waals surface area contributed by atoms with Gasteiger partial charge in [-0.15, -0.1) is 0 Å². The number of fused-ring (bicyclic) bond motifs is 1. The second-order valence-electron chi connectivity index (χ2n) is 5.08. The molecule has 0 radical (unpaired) electrons. The molecule has 2 aromatic rings. The Hall–Kier alpha value is -2.70. The molecule has 1 aliphatic heterocycles. The minimum Gasteiger partial charge on any atom is -0.454 e. The van der Waals surface area contributed by atoms with E-state index < -0.39 is 0 Å². The van der Waals surface area contributed by atoms with E-state index in [1.807, 2.05) is 42.1 Å². The fraction of sp³-hybridized carbons (Fsp3) is 0.375. The van der Waals surface area contributed by atoms with Crippen LogP contribution in [0.25, 0.3) is 0 Å². The van der Waals surface area contributed by atoms with Crippen LogP contribution >= 0.6 is 0 Å². The van der Waals surface area contributed by atoms with Gasteiger partial charge in [-0.25, -0.2) is 4.99 Å². The zero-order chi connectivity index (χ0) is 15.9. The first-order valence-electron chi connectivity index (χ1n) is 7.73. The summed E-state index contributed by atoms with van der Waals surface area (Å²) < 4.78 is 12.6. The van der Waals surface area contributed by atoms with Gasteiger partial charge in [-0.2, -0.15) is 5.10 Å². The number of aliphatic imine (C=N–C) groups is 1. The van der Waals surface area contributed by atoms with Crippen molar-refractivity contribution in [3.63, 3.8) is 0 Å². The van der Waals surface area contributed by atoms with Crippen molar-refractivity contribution in [2.24, 2.45) is 4.99 Å². The number of hydrogen-bond acceptors (Lipinski definition) is 4. The van der Waals surface area contributed by atoms with E-state index in [1.54, 1.807) is 6.20 Å². The van der Waals surface area contributed by atoms with Gasteiger partial charge in [0.2, 0.25) is 6.79 Å². The number of ether oxygens (including phenoxy) is 2. The third kappa shape index (κ3) is 4.15. The molecule has 3 rings (SSSR count). The minimum atomic E-state index is 0.291. The van der Waals surface area contributed by atoms with Crippen LogP contribution in [-0.2, 0) is 13.1 Å². The first-order valence-corrected chi connectivity index (χ1v) is 7.73. The molecule has 2 heterocycles. The number of guanidine groups is 1. The van der Waals surface area contributed by atoms with Gasteiger partial charge in [-0.05, 0) is 30.7 Å². The van der Waals surface area contributed by atoms with E-state index in [4.69, 9.17) is 9.47 Å². The second kappa shape index (κ2) is 7.53. The summed E-state index contributed by atoms with van der Waals surface area (Å²) >= 11 is 0. The third-order valence-electron chi connectivity index (χ3n) is 3.39. The van der Waals surface area contributed by atoms with E-state index >= 15 is 0 Å². The van der Waals surface area contributed by atoms with Crippen molar-refractivity contribution in [1.29, 1.82) is 0 Å². The van der Waals surface area contributed by atoms with Crippen LogP contribution in [0.1, 0.15) is 12.5 Å². The summed E-state index contributed by atoms with van der Waals surface area (Å²) in [5.74, 6) is 2.37. The number of nitrogens with one attached hydrogen (secondary N) is 2. The van der Waals surface area contributed by atoms with E-state index in [-0.39, 0.29) is 0 Å². The largest absolute Gasteiger partial charge is 0.454 e. The molecule has 122 valence electrons. The van der Waals surface area contributed by atoms with Crippen LogP contribution in [0, 0.1) is 0 Å². The van der Waals surface area contributed by atoms with Gasteiger partial charge in [-0.1, -0.05) is 6.07 Å². The Morgan fingerprint density at radius 2 is 2.22 bits per heavy atom. The Morgan fingerprint density at radius 3 is 3.04 bits per heavy atom. The summed E-state index contributed by atoms with van der Waals surface area (Å²) in [5, 5.41) is 10.7. The fourth-order valence-corrected chi connectivity index (χ4v) is 2.27. The van der Waals surface area contributed by atoms with E-state index in [0.29, 0.717) is 13.3 Å². The lowest BCUT2D eigenvalue weighted by atomic mass is 10.2. The standard InChI is InChI=1S/C16H21N5O2/c1-2-17-16(18-7-9-21-8-3-6-20-21)19-11-13-4-5-14-15(10-13)23-12-22-14/h3-6,8,10H,2,7,9,11-12H2,1H3,(H2,17,18,19). The zero-order valence-electron chi connectivity index (χ0n) is 13.2. The van der Waals surface area contributed by atoms with E-state index in [9.17, 15) is 0 Å². The monoisotopic (exact) mass is 315 g/mol. The fourth-order valence-electron chi connectivity index (χ4n) is 2.27. The SMILES string of the molecule is CCNC(=NCc1ccc2c(c1)OCO2)NCCn1cccn1. The molecular formula is C16H21N5O2. The Kier molecular flexibility index (Phi) is 4.98.